The summed E-state index contributed by atoms with van der Waals surface area (Å²) in [5.41, 5.74) is 4.42. The first-order valence-corrected chi connectivity index (χ1v) is 10.3. The summed E-state index contributed by atoms with van der Waals surface area (Å²) in [7, 11) is 0. The summed E-state index contributed by atoms with van der Waals surface area (Å²) in [5.74, 6) is 0.719. The van der Waals surface area contributed by atoms with Crippen LogP contribution >= 0.6 is 0 Å². The van der Waals surface area contributed by atoms with Gasteiger partial charge in [0.1, 0.15) is 5.82 Å². The number of rotatable bonds is 8. The molecule has 2 N–H and O–H groups in total. The van der Waals surface area contributed by atoms with Crippen LogP contribution in [0.2, 0.25) is 0 Å². The van der Waals surface area contributed by atoms with E-state index in [0.717, 1.165) is 48.4 Å². The summed E-state index contributed by atoms with van der Waals surface area (Å²) in [6.45, 7) is 15.9. The number of nitrogens with zero attached hydrogens (tertiary/aromatic N) is 1. The first-order valence-electron chi connectivity index (χ1n) is 10.3. The molecule has 0 spiro atoms. The molecule has 1 aliphatic rings. The Kier molecular flexibility index (Phi) is 6.75. The van der Waals surface area contributed by atoms with Gasteiger partial charge in [-0.3, -0.25) is 0 Å². The van der Waals surface area contributed by atoms with Crippen molar-refractivity contribution in [1.82, 2.24) is 15.5 Å². The van der Waals surface area contributed by atoms with Crippen LogP contribution in [0.4, 0.5) is 4.39 Å². The third-order valence-corrected chi connectivity index (χ3v) is 6.00. The van der Waals surface area contributed by atoms with Crippen molar-refractivity contribution in [3.8, 4) is 0 Å². The van der Waals surface area contributed by atoms with Gasteiger partial charge in [-0.1, -0.05) is 49.6 Å². The van der Waals surface area contributed by atoms with Crippen LogP contribution in [0.15, 0.2) is 61.4 Å². The topological polar surface area (TPSA) is 27.3 Å². The van der Waals surface area contributed by atoms with E-state index in [1.807, 2.05) is 19.1 Å². The van der Waals surface area contributed by atoms with Gasteiger partial charge in [0.15, 0.2) is 0 Å². The van der Waals surface area contributed by atoms with Crippen molar-refractivity contribution in [3.63, 3.8) is 0 Å². The molecule has 0 atom stereocenters. The second kappa shape index (κ2) is 9.27. The molecule has 0 unspecified atom stereocenters. The number of nitrogens with one attached hydrogen (secondary N) is 2. The van der Waals surface area contributed by atoms with Gasteiger partial charge in [-0.15, -0.1) is 0 Å². The zero-order valence-corrected chi connectivity index (χ0v) is 17.6. The van der Waals surface area contributed by atoms with Crippen molar-refractivity contribution in [2.75, 3.05) is 13.1 Å². The average molecular weight is 394 g/mol. The zero-order valence-electron chi connectivity index (χ0n) is 17.6. The van der Waals surface area contributed by atoms with E-state index in [1.54, 1.807) is 12.1 Å². The Labute approximate surface area is 174 Å². The molecule has 3 rings (SSSR count). The Balaban J connectivity index is 1.77. The molecule has 2 aromatic carbocycles. The Morgan fingerprint density at radius 1 is 1.21 bits per heavy atom. The monoisotopic (exact) mass is 393 g/mol. The number of halogens is 1. The third-order valence-electron chi connectivity index (χ3n) is 6.00. The highest BCUT2D eigenvalue weighted by atomic mass is 19.1. The maximum absolute atomic E-state index is 13.6. The van der Waals surface area contributed by atoms with Crippen molar-refractivity contribution in [2.24, 2.45) is 0 Å². The number of aryl methyl sites for hydroxylation is 1. The smallest absolute Gasteiger partial charge is 0.123 e. The van der Waals surface area contributed by atoms with Crippen LogP contribution in [0.5, 0.6) is 0 Å². The van der Waals surface area contributed by atoms with Crippen molar-refractivity contribution in [1.29, 1.82) is 0 Å². The highest BCUT2D eigenvalue weighted by molar-refractivity contribution is 5.47. The molecule has 0 aliphatic carbocycles. The predicted molar refractivity (Wildman–Crippen MR) is 120 cm³/mol. The van der Waals surface area contributed by atoms with E-state index in [0.29, 0.717) is 13.1 Å². The van der Waals surface area contributed by atoms with Gasteiger partial charge < -0.3 is 15.5 Å². The van der Waals surface area contributed by atoms with E-state index in [-0.39, 0.29) is 11.4 Å². The van der Waals surface area contributed by atoms with Gasteiger partial charge in [0, 0.05) is 18.6 Å². The molecule has 1 aliphatic heterocycles. The second-order valence-corrected chi connectivity index (χ2v) is 8.15. The van der Waals surface area contributed by atoms with Crippen LogP contribution in [0.1, 0.15) is 42.0 Å². The average Bonchev–Trinajstić information content (AvgIpc) is 2.72. The summed E-state index contributed by atoms with van der Waals surface area (Å²) in [6.07, 6.45) is 3.94. The van der Waals surface area contributed by atoms with Crippen molar-refractivity contribution >= 4 is 6.08 Å². The van der Waals surface area contributed by atoms with Crippen molar-refractivity contribution < 1.29 is 4.39 Å². The lowest BCUT2D eigenvalue weighted by atomic mass is 9.87. The predicted octanol–water partition coefficient (Wildman–Crippen LogP) is 4.98. The summed E-state index contributed by atoms with van der Waals surface area (Å²) < 4.78 is 13.6. The molecule has 0 amide bonds. The Hall–Kier alpha value is -2.59. The van der Waals surface area contributed by atoms with Gasteiger partial charge in [-0.2, -0.15) is 0 Å². The Morgan fingerprint density at radius 3 is 2.52 bits per heavy atom. The molecular formula is C25H32FN3. The fourth-order valence-electron chi connectivity index (χ4n) is 3.93. The molecule has 0 bridgehead atoms. The van der Waals surface area contributed by atoms with Crippen LogP contribution in [0, 0.1) is 12.7 Å². The number of piperidine rings is 1. The largest absolute Gasteiger partial charge is 0.368 e. The van der Waals surface area contributed by atoms with Gasteiger partial charge in [-0.05, 0) is 74.2 Å². The number of hydrogen-bond donors (Lipinski definition) is 2. The highest BCUT2D eigenvalue weighted by Gasteiger charge is 2.34. The molecule has 3 nitrogen and oxygen atoms in total. The van der Waals surface area contributed by atoms with Crippen molar-refractivity contribution in [2.45, 2.75) is 45.3 Å². The minimum atomic E-state index is -0.189. The van der Waals surface area contributed by atoms with E-state index < -0.39 is 0 Å². The lowest BCUT2D eigenvalue weighted by Gasteiger charge is -2.46. The molecule has 4 heteroatoms. The van der Waals surface area contributed by atoms with E-state index in [4.69, 9.17) is 0 Å². The molecule has 2 aromatic rings. The molecular weight excluding hydrogens is 361 g/mol. The fourth-order valence-corrected chi connectivity index (χ4v) is 3.93. The zero-order chi connectivity index (χ0) is 20.9. The first kappa shape index (κ1) is 21.1. The molecule has 0 radical (unpaired) electrons. The van der Waals surface area contributed by atoms with Gasteiger partial charge in [0.05, 0.1) is 5.82 Å². The SMILES string of the molecule is C=Cc1ccc(CNC(=C)N(Cc2ccc(F)cc2C)C2(C)CCNCC2)cc1. The quantitative estimate of drug-likeness (QED) is 0.662. The molecule has 1 fully saturated rings. The number of hydrogen-bond acceptors (Lipinski definition) is 3. The van der Waals surface area contributed by atoms with E-state index in [9.17, 15) is 4.39 Å². The normalized spacial score (nSPS) is 15.6. The summed E-state index contributed by atoms with van der Waals surface area (Å²) in [5, 5.41) is 6.97. The lowest BCUT2D eigenvalue weighted by molar-refractivity contribution is 0.0922. The summed E-state index contributed by atoms with van der Waals surface area (Å²) >= 11 is 0. The molecule has 1 heterocycles. The van der Waals surface area contributed by atoms with Gasteiger partial charge in [0.2, 0.25) is 0 Å². The lowest BCUT2D eigenvalue weighted by Crippen LogP contribution is -2.53. The molecule has 0 saturated carbocycles. The molecule has 29 heavy (non-hydrogen) atoms. The summed E-state index contributed by atoms with van der Waals surface area (Å²) in [6, 6.07) is 13.4. The van der Waals surface area contributed by atoms with E-state index >= 15 is 0 Å². The van der Waals surface area contributed by atoms with Crippen molar-refractivity contribution in [3.05, 3.63) is 89.5 Å². The Bertz CT molecular complexity index is 851. The second-order valence-electron chi connectivity index (χ2n) is 8.15. The summed E-state index contributed by atoms with van der Waals surface area (Å²) in [4.78, 5) is 2.37. The molecule has 154 valence electrons. The fraction of sp³-hybridized carbons (Fsp3) is 0.360. The van der Waals surface area contributed by atoms with Gasteiger partial charge in [0.25, 0.3) is 0 Å². The van der Waals surface area contributed by atoms with Crippen LogP contribution in [-0.4, -0.2) is 23.5 Å². The van der Waals surface area contributed by atoms with Crippen LogP contribution in [0.3, 0.4) is 0 Å². The highest BCUT2D eigenvalue weighted by Crippen LogP contribution is 2.31. The number of benzene rings is 2. The van der Waals surface area contributed by atoms with Crippen LogP contribution < -0.4 is 10.6 Å². The maximum Gasteiger partial charge on any atom is 0.123 e. The van der Waals surface area contributed by atoms with Crippen LogP contribution in [-0.2, 0) is 13.1 Å². The van der Waals surface area contributed by atoms with Crippen LogP contribution in [0.25, 0.3) is 6.08 Å². The molecule has 0 aromatic heterocycles. The molecule has 1 saturated heterocycles. The first-order chi connectivity index (χ1) is 13.9. The van der Waals surface area contributed by atoms with E-state index in [2.05, 4.69) is 59.9 Å². The third kappa shape index (κ3) is 5.27. The minimum Gasteiger partial charge on any atom is -0.368 e. The Morgan fingerprint density at radius 2 is 1.90 bits per heavy atom. The van der Waals surface area contributed by atoms with Gasteiger partial charge in [-0.25, -0.2) is 4.39 Å². The standard InChI is InChI=1S/C25H32FN3/c1-5-21-6-8-22(9-7-21)17-28-20(3)29(25(4)12-14-27-15-13-25)18-23-10-11-24(26)16-19(23)2/h5-11,16,27-28H,1,3,12-15,17-18H2,2,4H3. The maximum atomic E-state index is 13.6. The van der Waals surface area contributed by atoms with Gasteiger partial charge >= 0.3 is 0 Å². The van der Waals surface area contributed by atoms with E-state index in [1.165, 1.54) is 5.56 Å². The minimum absolute atomic E-state index is 0.00283.